The van der Waals surface area contributed by atoms with Gasteiger partial charge in [0, 0.05) is 11.1 Å². The lowest BCUT2D eigenvalue weighted by molar-refractivity contribution is 0.0677. The molecule has 2 nitrogen and oxygen atoms in total. The van der Waals surface area contributed by atoms with E-state index in [1.165, 1.54) is 24.3 Å². The maximum absolute atomic E-state index is 4.71. The van der Waals surface area contributed by atoms with Crippen molar-refractivity contribution in [2.24, 2.45) is 11.8 Å². The Balaban J connectivity index is 2.10. The van der Waals surface area contributed by atoms with Crippen LogP contribution in [0.25, 0.3) is 0 Å². The molecular formula is C14H24N2S. The number of aryl methyl sites for hydroxylation is 1. The van der Waals surface area contributed by atoms with Crippen molar-refractivity contribution in [1.82, 2.24) is 10.3 Å². The van der Waals surface area contributed by atoms with Crippen molar-refractivity contribution in [3.8, 4) is 0 Å². The molecule has 1 aromatic rings. The van der Waals surface area contributed by atoms with E-state index in [2.05, 4.69) is 38.4 Å². The normalized spacial score (nSPS) is 28.4. The Bertz CT molecular complexity index is 364. The Labute approximate surface area is 109 Å². The molecule has 2 rings (SSSR count). The first-order chi connectivity index (χ1) is 8.07. The van der Waals surface area contributed by atoms with Crippen molar-refractivity contribution in [2.45, 2.75) is 52.5 Å². The van der Waals surface area contributed by atoms with E-state index >= 15 is 0 Å². The maximum Gasteiger partial charge on any atom is 0.113 e. The van der Waals surface area contributed by atoms with Crippen molar-refractivity contribution >= 4 is 11.3 Å². The molecule has 96 valence electrons. The predicted molar refractivity (Wildman–Crippen MR) is 74.4 cm³/mol. The standard InChI is InChI=1S/C14H24N2S/c1-5-6-15-14(7-12(8-14)10(2)3)13-16-11(4)9-17-13/h9-10,12,15H,5-8H2,1-4H3. The molecule has 0 aromatic carbocycles. The van der Waals surface area contributed by atoms with Crippen LogP contribution in [0.4, 0.5) is 0 Å². The molecule has 0 bridgehead atoms. The SMILES string of the molecule is CCCNC1(c2nc(C)cs2)CC(C(C)C)C1. The average molecular weight is 252 g/mol. The number of aromatic nitrogens is 1. The van der Waals surface area contributed by atoms with Gasteiger partial charge in [-0.05, 0) is 44.6 Å². The van der Waals surface area contributed by atoms with E-state index in [1.54, 1.807) is 0 Å². The molecule has 1 aliphatic carbocycles. The van der Waals surface area contributed by atoms with Gasteiger partial charge in [0.1, 0.15) is 5.01 Å². The van der Waals surface area contributed by atoms with Gasteiger partial charge in [0.05, 0.1) is 5.54 Å². The van der Waals surface area contributed by atoms with Crippen LogP contribution in [0, 0.1) is 18.8 Å². The van der Waals surface area contributed by atoms with Crippen LogP contribution in [0.2, 0.25) is 0 Å². The van der Waals surface area contributed by atoms with Crippen LogP contribution in [0.5, 0.6) is 0 Å². The molecule has 0 atom stereocenters. The molecular weight excluding hydrogens is 228 g/mol. The summed E-state index contributed by atoms with van der Waals surface area (Å²) in [6, 6.07) is 0. The first kappa shape index (κ1) is 13.0. The van der Waals surface area contributed by atoms with Crippen molar-refractivity contribution in [3.63, 3.8) is 0 Å². The first-order valence-corrected chi connectivity index (χ1v) is 7.63. The van der Waals surface area contributed by atoms with Gasteiger partial charge in [-0.3, -0.25) is 0 Å². The molecule has 1 heterocycles. The van der Waals surface area contributed by atoms with Crippen LogP contribution in [0.3, 0.4) is 0 Å². The zero-order valence-electron chi connectivity index (χ0n) is 11.4. The maximum atomic E-state index is 4.71. The number of rotatable bonds is 5. The second-order valence-electron chi connectivity index (χ2n) is 5.72. The number of thiazole rings is 1. The number of hydrogen-bond acceptors (Lipinski definition) is 3. The predicted octanol–water partition coefficient (Wildman–Crippen LogP) is 3.71. The van der Waals surface area contributed by atoms with E-state index in [9.17, 15) is 0 Å². The van der Waals surface area contributed by atoms with Crippen LogP contribution < -0.4 is 5.32 Å². The van der Waals surface area contributed by atoms with E-state index in [1.807, 2.05) is 11.3 Å². The minimum Gasteiger partial charge on any atom is -0.305 e. The molecule has 0 unspecified atom stereocenters. The molecule has 1 aromatic heterocycles. The molecule has 1 N–H and O–H groups in total. The smallest absolute Gasteiger partial charge is 0.113 e. The first-order valence-electron chi connectivity index (χ1n) is 6.75. The summed E-state index contributed by atoms with van der Waals surface area (Å²) in [4.78, 5) is 4.71. The lowest BCUT2D eigenvalue weighted by Crippen LogP contribution is -2.54. The third kappa shape index (κ3) is 2.55. The Kier molecular flexibility index (Phi) is 3.88. The fraction of sp³-hybridized carbons (Fsp3) is 0.786. The molecule has 17 heavy (non-hydrogen) atoms. The molecule has 1 aliphatic rings. The second-order valence-corrected chi connectivity index (χ2v) is 6.57. The highest BCUT2D eigenvalue weighted by Gasteiger charge is 2.47. The van der Waals surface area contributed by atoms with Crippen LogP contribution in [-0.2, 0) is 5.54 Å². The highest BCUT2D eigenvalue weighted by atomic mass is 32.1. The van der Waals surface area contributed by atoms with Gasteiger partial charge >= 0.3 is 0 Å². The quantitative estimate of drug-likeness (QED) is 0.864. The Hall–Kier alpha value is -0.410. The van der Waals surface area contributed by atoms with Crippen LogP contribution in [0.1, 0.15) is 50.7 Å². The minimum absolute atomic E-state index is 0.198. The van der Waals surface area contributed by atoms with E-state index in [-0.39, 0.29) is 5.54 Å². The number of nitrogens with one attached hydrogen (secondary N) is 1. The summed E-state index contributed by atoms with van der Waals surface area (Å²) in [5.41, 5.74) is 1.36. The van der Waals surface area contributed by atoms with Gasteiger partial charge in [-0.15, -0.1) is 11.3 Å². The third-order valence-electron chi connectivity index (χ3n) is 3.91. The summed E-state index contributed by atoms with van der Waals surface area (Å²) >= 11 is 1.82. The lowest BCUT2D eigenvalue weighted by Gasteiger charge is -2.49. The summed E-state index contributed by atoms with van der Waals surface area (Å²) in [6.07, 6.45) is 3.72. The largest absolute Gasteiger partial charge is 0.305 e. The van der Waals surface area contributed by atoms with Crippen LogP contribution in [0.15, 0.2) is 5.38 Å². The summed E-state index contributed by atoms with van der Waals surface area (Å²) < 4.78 is 0. The number of hydrogen-bond donors (Lipinski definition) is 1. The van der Waals surface area contributed by atoms with Gasteiger partial charge in [-0.1, -0.05) is 20.8 Å². The Morgan fingerprint density at radius 3 is 2.71 bits per heavy atom. The average Bonchev–Trinajstić information content (AvgIpc) is 2.63. The van der Waals surface area contributed by atoms with Crippen molar-refractivity contribution in [3.05, 3.63) is 16.1 Å². The molecule has 1 fully saturated rings. The van der Waals surface area contributed by atoms with Crippen LogP contribution >= 0.6 is 11.3 Å². The highest BCUT2D eigenvalue weighted by molar-refractivity contribution is 7.09. The molecule has 0 radical (unpaired) electrons. The van der Waals surface area contributed by atoms with Gasteiger partial charge < -0.3 is 5.32 Å². The fourth-order valence-corrected chi connectivity index (χ4v) is 3.64. The van der Waals surface area contributed by atoms with Gasteiger partial charge in [0.25, 0.3) is 0 Å². The zero-order chi connectivity index (χ0) is 12.5. The summed E-state index contributed by atoms with van der Waals surface area (Å²) in [5.74, 6) is 1.66. The van der Waals surface area contributed by atoms with Crippen molar-refractivity contribution in [1.29, 1.82) is 0 Å². The summed E-state index contributed by atoms with van der Waals surface area (Å²) in [5, 5.41) is 7.22. The van der Waals surface area contributed by atoms with Crippen LogP contribution in [-0.4, -0.2) is 11.5 Å². The molecule has 0 spiro atoms. The van der Waals surface area contributed by atoms with Gasteiger partial charge in [0.2, 0.25) is 0 Å². The van der Waals surface area contributed by atoms with Gasteiger partial charge in [-0.25, -0.2) is 4.98 Å². The van der Waals surface area contributed by atoms with Gasteiger partial charge in [0.15, 0.2) is 0 Å². The molecule has 0 amide bonds. The fourth-order valence-electron chi connectivity index (χ4n) is 2.64. The Morgan fingerprint density at radius 2 is 2.24 bits per heavy atom. The molecule has 3 heteroatoms. The van der Waals surface area contributed by atoms with E-state index in [0.29, 0.717) is 0 Å². The number of nitrogens with zero attached hydrogens (tertiary/aromatic N) is 1. The van der Waals surface area contributed by atoms with E-state index in [0.717, 1.165) is 24.1 Å². The monoisotopic (exact) mass is 252 g/mol. The summed E-state index contributed by atoms with van der Waals surface area (Å²) in [7, 11) is 0. The van der Waals surface area contributed by atoms with E-state index in [4.69, 9.17) is 4.98 Å². The second kappa shape index (κ2) is 5.07. The summed E-state index contributed by atoms with van der Waals surface area (Å²) in [6.45, 7) is 10.1. The minimum atomic E-state index is 0.198. The zero-order valence-corrected chi connectivity index (χ0v) is 12.2. The van der Waals surface area contributed by atoms with Crippen molar-refractivity contribution in [2.75, 3.05) is 6.54 Å². The van der Waals surface area contributed by atoms with Crippen molar-refractivity contribution < 1.29 is 0 Å². The topological polar surface area (TPSA) is 24.9 Å². The Morgan fingerprint density at radius 1 is 1.53 bits per heavy atom. The highest BCUT2D eigenvalue weighted by Crippen LogP contribution is 2.49. The molecule has 1 saturated carbocycles. The van der Waals surface area contributed by atoms with Gasteiger partial charge in [-0.2, -0.15) is 0 Å². The third-order valence-corrected chi connectivity index (χ3v) is 5.07. The molecule has 0 aliphatic heterocycles. The molecule has 0 saturated heterocycles. The lowest BCUT2D eigenvalue weighted by atomic mass is 9.64. The van der Waals surface area contributed by atoms with E-state index < -0.39 is 0 Å².